The summed E-state index contributed by atoms with van der Waals surface area (Å²) in [5.74, 6) is 0. The smallest absolute Gasteiger partial charge is 0.0726 e. The summed E-state index contributed by atoms with van der Waals surface area (Å²) in [7, 11) is 0. The van der Waals surface area contributed by atoms with Crippen LogP contribution in [0.2, 0.25) is 0 Å². The average Bonchev–Trinajstić information content (AvgIpc) is 2.62. The van der Waals surface area contributed by atoms with Gasteiger partial charge in [-0.25, -0.2) is 0 Å². The highest BCUT2D eigenvalue weighted by Gasteiger charge is 2.53. The van der Waals surface area contributed by atoms with Crippen molar-refractivity contribution in [1.29, 1.82) is 0 Å². The predicted octanol–water partition coefficient (Wildman–Crippen LogP) is 21.1. The van der Waals surface area contributed by atoms with Crippen LogP contribution in [0.4, 0.5) is 17.1 Å². The molecule has 0 saturated carbocycles. The first kappa shape index (κ1) is 48.6. The summed E-state index contributed by atoms with van der Waals surface area (Å²) in [5, 5.41) is 0. The summed E-state index contributed by atoms with van der Waals surface area (Å²) in [6.45, 7) is 18.8. The van der Waals surface area contributed by atoms with Crippen LogP contribution in [0.15, 0.2) is 249 Å². The highest BCUT2D eigenvalue weighted by molar-refractivity contribution is 6.01. The predicted molar refractivity (Wildman–Crippen MR) is 334 cm³/mol. The third-order valence-corrected chi connectivity index (χ3v) is 17.8. The zero-order valence-corrected chi connectivity index (χ0v) is 46.6. The SMILES string of the molecule is CC(C)(C)c1ccc2c(c1)C1(c3cc(C(C)(C)C)ccc3-2)c2cc(-c3cccc(-c4ccc(N(c5ccc(-c6ccccc6)cc5)c5ccc6c(c5)C(C)(C)c5ccccc5-6)cc4)c3)ccc2-c2c(-c3ccccc3)cccc21. The fourth-order valence-corrected chi connectivity index (χ4v) is 13.6. The second-order valence-corrected chi connectivity index (χ2v) is 24.9. The molecule has 0 saturated heterocycles. The van der Waals surface area contributed by atoms with Gasteiger partial charge in [0, 0.05) is 22.5 Å². The van der Waals surface area contributed by atoms with Crippen LogP contribution in [0.5, 0.6) is 0 Å². The Labute approximate surface area is 467 Å². The van der Waals surface area contributed by atoms with Gasteiger partial charge in [-0.3, -0.25) is 0 Å². The molecule has 0 amide bonds. The molecule has 1 nitrogen and oxygen atoms in total. The Kier molecular flexibility index (Phi) is 11.0. The molecule has 0 fully saturated rings. The lowest BCUT2D eigenvalue weighted by molar-refractivity contribution is 0.586. The summed E-state index contributed by atoms with van der Waals surface area (Å²) in [6, 6.07) is 94.2. The summed E-state index contributed by atoms with van der Waals surface area (Å²) in [4.78, 5) is 2.42. The molecule has 0 atom stereocenters. The van der Waals surface area contributed by atoms with E-state index in [2.05, 4.69) is 309 Å². The zero-order valence-electron chi connectivity index (χ0n) is 46.6. The topological polar surface area (TPSA) is 3.24 Å². The molecule has 3 aliphatic carbocycles. The third-order valence-electron chi connectivity index (χ3n) is 17.8. The second kappa shape index (κ2) is 17.9. The van der Waals surface area contributed by atoms with E-state index in [1.54, 1.807) is 0 Å². The van der Waals surface area contributed by atoms with Gasteiger partial charge in [0.15, 0.2) is 0 Å². The number of anilines is 3. The fourth-order valence-electron chi connectivity index (χ4n) is 13.6. The summed E-state index contributed by atoms with van der Waals surface area (Å²) < 4.78 is 0. The van der Waals surface area contributed by atoms with E-state index in [0.717, 1.165) is 17.1 Å². The van der Waals surface area contributed by atoms with Gasteiger partial charge < -0.3 is 4.90 Å². The van der Waals surface area contributed by atoms with Gasteiger partial charge in [0.2, 0.25) is 0 Å². The first-order chi connectivity index (χ1) is 38.2. The van der Waals surface area contributed by atoms with E-state index in [4.69, 9.17) is 0 Å². The highest BCUT2D eigenvalue weighted by atomic mass is 15.1. The van der Waals surface area contributed by atoms with Crippen LogP contribution in [-0.4, -0.2) is 0 Å². The van der Waals surface area contributed by atoms with Gasteiger partial charge in [0.25, 0.3) is 0 Å². The van der Waals surface area contributed by atoms with Crippen molar-refractivity contribution in [2.24, 2.45) is 0 Å². The average molecular weight is 1020 g/mol. The molecule has 382 valence electrons. The molecule has 0 radical (unpaired) electrons. The Balaban J connectivity index is 0.895. The molecule has 79 heavy (non-hydrogen) atoms. The molecule has 0 N–H and O–H groups in total. The number of rotatable bonds is 7. The van der Waals surface area contributed by atoms with E-state index in [-0.39, 0.29) is 16.2 Å². The van der Waals surface area contributed by atoms with E-state index >= 15 is 0 Å². The van der Waals surface area contributed by atoms with Crippen molar-refractivity contribution in [3.8, 4) is 77.9 Å². The van der Waals surface area contributed by atoms with Crippen molar-refractivity contribution in [2.45, 2.75) is 77.0 Å². The van der Waals surface area contributed by atoms with Gasteiger partial charge in [-0.15, -0.1) is 0 Å². The lowest BCUT2D eigenvalue weighted by Crippen LogP contribution is -2.27. The number of hydrogen-bond acceptors (Lipinski definition) is 1. The molecule has 3 aliphatic rings. The summed E-state index contributed by atoms with van der Waals surface area (Å²) in [5.41, 5.74) is 31.2. The van der Waals surface area contributed by atoms with E-state index in [9.17, 15) is 0 Å². The van der Waals surface area contributed by atoms with Gasteiger partial charge in [-0.05, 0) is 182 Å². The van der Waals surface area contributed by atoms with Gasteiger partial charge in [-0.1, -0.05) is 256 Å². The largest absolute Gasteiger partial charge is 0.310 e. The number of nitrogens with zero attached hydrogens (tertiary/aromatic N) is 1. The fraction of sp³-hybridized carbons (Fsp3) is 0.154. The molecular weight excluding hydrogens is 951 g/mol. The second-order valence-electron chi connectivity index (χ2n) is 24.9. The van der Waals surface area contributed by atoms with Crippen molar-refractivity contribution >= 4 is 17.1 Å². The molecule has 0 heterocycles. The molecule has 11 aromatic rings. The maximum atomic E-state index is 2.56. The van der Waals surface area contributed by atoms with Crippen LogP contribution >= 0.6 is 0 Å². The van der Waals surface area contributed by atoms with E-state index in [1.165, 1.54) is 122 Å². The maximum Gasteiger partial charge on any atom is 0.0726 e. The minimum Gasteiger partial charge on any atom is -0.310 e. The minimum absolute atomic E-state index is 0.0311. The quantitative estimate of drug-likeness (QED) is 0.154. The van der Waals surface area contributed by atoms with Gasteiger partial charge in [-0.2, -0.15) is 0 Å². The molecule has 11 aromatic carbocycles. The summed E-state index contributed by atoms with van der Waals surface area (Å²) >= 11 is 0. The van der Waals surface area contributed by atoms with Crippen LogP contribution in [0.25, 0.3) is 77.9 Å². The van der Waals surface area contributed by atoms with Crippen molar-refractivity contribution in [3.63, 3.8) is 0 Å². The first-order valence-corrected chi connectivity index (χ1v) is 28.2. The third kappa shape index (κ3) is 7.65. The highest BCUT2D eigenvalue weighted by Crippen LogP contribution is 2.65. The number of fused-ring (bicyclic) bond motifs is 13. The Morgan fingerprint density at radius 3 is 1.29 bits per heavy atom. The standard InChI is InChI=1S/C78H65N/c1-75(2,3)57-34-42-65-66-43-35-58(76(4,5)6)48-73(66)78(72(65)47-57)69-28-18-26-62(53-21-13-10-14-22-53)74(69)67-41-33-56(46-71(67)78)55-24-17-23-54(45-55)52-31-38-60(39-32-52)79(59-36-29-51(30-37-59)50-19-11-9-12-20-50)61-40-44-64-63-25-15-16-27-68(63)77(7,8)70(64)49-61/h9-49H,1-8H3. The molecule has 0 bridgehead atoms. The Morgan fingerprint density at radius 2 is 0.671 bits per heavy atom. The molecule has 0 aromatic heterocycles. The van der Waals surface area contributed by atoms with E-state index in [0.29, 0.717) is 0 Å². The lowest BCUT2D eigenvalue weighted by Gasteiger charge is -2.33. The normalized spacial score (nSPS) is 14.0. The molecular formula is C78H65N. The molecule has 1 spiro atoms. The van der Waals surface area contributed by atoms with Crippen LogP contribution in [0, 0.1) is 0 Å². The minimum atomic E-state index is -0.529. The zero-order chi connectivity index (χ0) is 54.0. The first-order valence-electron chi connectivity index (χ1n) is 28.2. The molecule has 0 aliphatic heterocycles. The van der Waals surface area contributed by atoms with Crippen molar-refractivity contribution in [1.82, 2.24) is 0 Å². The molecule has 0 unspecified atom stereocenters. The van der Waals surface area contributed by atoms with Gasteiger partial charge in [0.05, 0.1) is 5.41 Å². The van der Waals surface area contributed by atoms with E-state index < -0.39 is 5.41 Å². The van der Waals surface area contributed by atoms with Crippen molar-refractivity contribution in [2.75, 3.05) is 4.90 Å². The molecule has 1 heteroatoms. The van der Waals surface area contributed by atoms with Gasteiger partial charge >= 0.3 is 0 Å². The van der Waals surface area contributed by atoms with Crippen LogP contribution in [0.3, 0.4) is 0 Å². The van der Waals surface area contributed by atoms with Crippen LogP contribution in [-0.2, 0) is 21.7 Å². The van der Waals surface area contributed by atoms with Crippen molar-refractivity contribution in [3.05, 3.63) is 293 Å². The van der Waals surface area contributed by atoms with Crippen LogP contribution in [0.1, 0.15) is 99.9 Å². The lowest BCUT2D eigenvalue weighted by atomic mass is 9.68. The Bertz CT molecular complexity index is 4140. The monoisotopic (exact) mass is 1020 g/mol. The Morgan fingerprint density at radius 1 is 0.266 bits per heavy atom. The summed E-state index contributed by atoms with van der Waals surface area (Å²) in [6.07, 6.45) is 0. The Hall–Kier alpha value is -8.78. The molecule has 14 rings (SSSR count). The maximum absolute atomic E-state index is 2.56. The van der Waals surface area contributed by atoms with E-state index in [1.807, 2.05) is 0 Å². The number of hydrogen-bond donors (Lipinski definition) is 0. The van der Waals surface area contributed by atoms with Gasteiger partial charge in [0.1, 0.15) is 0 Å². The number of benzene rings is 11. The van der Waals surface area contributed by atoms with Crippen molar-refractivity contribution < 1.29 is 0 Å². The van der Waals surface area contributed by atoms with Crippen LogP contribution < -0.4 is 4.90 Å².